The maximum absolute atomic E-state index is 11.5. The Bertz CT molecular complexity index is 1070. The molecule has 0 aliphatic heterocycles. The summed E-state index contributed by atoms with van der Waals surface area (Å²) < 4.78 is 1.96. The number of nitrogens with one attached hydrogen (secondary N) is 3. The molecular formula is C27H38ClN7O. The summed E-state index contributed by atoms with van der Waals surface area (Å²) in [4.78, 5) is 20.8. The van der Waals surface area contributed by atoms with Crippen LogP contribution in [0.3, 0.4) is 0 Å². The lowest BCUT2D eigenvalue weighted by Gasteiger charge is -2.35. The number of nitrogens with zero attached hydrogens (tertiary/aromatic N) is 4. The molecule has 0 bridgehead atoms. The molecule has 36 heavy (non-hydrogen) atoms. The van der Waals surface area contributed by atoms with Crippen LogP contribution in [0, 0.1) is 5.92 Å². The predicted molar refractivity (Wildman–Crippen MR) is 143 cm³/mol. The van der Waals surface area contributed by atoms with Gasteiger partial charge in [0.15, 0.2) is 0 Å². The fraction of sp³-hybridized carbons (Fsp3) is 0.630. The number of aromatic nitrogens is 4. The average molecular weight is 512 g/mol. The van der Waals surface area contributed by atoms with E-state index in [1.54, 1.807) is 6.20 Å². The smallest absolute Gasteiger partial charge is 0.243 e. The van der Waals surface area contributed by atoms with Crippen LogP contribution in [0.1, 0.15) is 69.9 Å². The van der Waals surface area contributed by atoms with Crippen LogP contribution in [-0.4, -0.2) is 49.8 Å². The number of halogens is 1. The monoisotopic (exact) mass is 511 g/mol. The molecule has 0 saturated heterocycles. The van der Waals surface area contributed by atoms with E-state index in [9.17, 15) is 4.79 Å². The molecule has 3 aliphatic rings. The first-order valence-corrected chi connectivity index (χ1v) is 13.9. The summed E-state index contributed by atoms with van der Waals surface area (Å²) >= 11 is 6.54. The second-order valence-electron chi connectivity index (χ2n) is 10.8. The van der Waals surface area contributed by atoms with E-state index in [1.807, 2.05) is 17.9 Å². The Labute approximate surface area is 218 Å². The quantitative estimate of drug-likeness (QED) is 0.431. The molecule has 194 valence electrons. The molecule has 0 radical (unpaired) electrons. The molecule has 3 aliphatic carbocycles. The molecule has 0 aromatic carbocycles. The summed E-state index contributed by atoms with van der Waals surface area (Å²) in [5.74, 6) is 1.34. The molecule has 3 fully saturated rings. The van der Waals surface area contributed by atoms with Gasteiger partial charge in [0.25, 0.3) is 0 Å². The number of carbonyl (C=O) groups excluding carboxylic acids is 1. The highest BCUT2D eigenvalue weighted by atomic mass is 35.5. The van der Waals surface area contributed by atoms with E-state index in [1.165, 1.54) is 24.6 Å². The third-order valence-corrected chi connectivity index (χ3v) is 8.31. The molecule has 8 nitrogen and oxygen atoms in total. The van der Waals surface area contributed by atoms with Crippen LogP contribution in [0.4, 0.5) is 5.95 Å². The normalized spacial score (nSPS) is 26.4. The Morgan fingerprint density at radius 3 is 2.31 bits per heavy atom. The highest BCUT2D eigenvalue weighted by molar-refractivity contribution is 6.32. The molecule has 5 rings (SSSR count). The largest absolute Gasteiger partial charge is 0.351 e. The van der Waals surface area contributed by atoms with E-state index in [0.29, 0.717) is 29.1 Å². The van der Waals surface area contributed by atoms with Crippen LogP contribution in [0.5, 0.6) is 0 Å². The predicted octanol–water partition coefficient (Wildman–Crippen LogP) is 4.41. The summed E-state index contributed by atoms with van der Waals surface area (Å²) in [5.41, 5.74) is 2.99. The van der Waals surface area contributed by atoms with Crippen molar-refractivity contribution in [3.63, 3.8) is 0 Å². The van der Waals surface area contributed by atoms with Crippen LogP contribution in [0.2, 0.25) is 5.02 Å². The SMILES string of the molecule is C=CC(=O)NC1CCC(NC2CCC(Nc3ncc(Cl)c(-c4cnn(C)c4CC4CC4)n3)CC2)CC1. The van der Waals surface area contributed by atoms with E-state index in [4.69, 9.17) is 16.6 Å². The van der Waals surface area contributed by atoms with Crippen molar-refractivity contribution in [2.45, 2.75) is 94.8 Å². The number of amides is 1. The van der Waals surface area contributed by atoms with Crippen LogP contribution >= 0.6 is 11.6 Å². The van der Waals surface area contributed by atoms with Crippen LogP contribution in [0.25, 0.3) is 11.3 Å². The molecule has 0 unspecified atom stereocenters. The van der Waals surface area contributed by atoms with Gasteiger partial charge in [-0.05, 0) is 82.6 Å². The molecule has 9 heteroatoms. The maximum Gasteiger partial charge on any atom is 0.243 e. The Kier molecular flexibility index (Phi) is 7.91. The van der Waals surface area contributed by atoms with Gasteiger partial charge in [-0.2, -0.15) is 5.10 Å². The molecule has 0 atom stereocenters. The first kappa shape index (κ1) is 25.2. The van der Waals surface area contributed by atoms with Gasteiger partial charge < -0.3 is 16.0 Å². The van der Waals surface area contributed by atoms with Crippen LogP contribution in [0.15, 0.2) is 25.0 Å². The zero-order chi connectivity index (χ0) is 25.1. The van der Waals surface area contributed by atoms with Crippen molar-refractivity contribution in [1.29, 1.82) is 0 Å². The van der Waals surface area contributed by atoms with E-state index in [-0.39, 0.29) is 11.9 Å². The van der Waals surface area contributed by atoms with Crippen molar-refractivity contribution in [2.24, 2.45) is 13.0 Å². The Morgan fingerprint density at radius 1 is 1.03 bits per heavy atom. The molecule has 2 heterocycles. The third kappa shape index (κ3) is 6.27. The average Bonchev–Trinajstić information content (AvgIpc) is 3.64. The fourth-order valence-corrected chi connectivity index (χ4v) is 5.90. The van der Waals surface area contributed by atoms with Crippen molar-refractivity contribution in [3.8, 4) is 11.3 Å². The lowest BCUT2D eigenvalue weighted by atomic mass is 9.87. The zero-order valence-corrected chi connectivity index (χ0v) is 21.9. The van der Waals surface area contributed by atoms with E-state index in [0.717, 1.165) is 75.0 Å². The van der Waals surface area contributed by atoms with Crippen LogP contribution in [-0.2, 0) is 18.3 Å². The van der Waals surface area contributed by atoms with Gasteiger partial charge in [0.05, 0.1) is 23.1 Å². The van der Waals surface area contributed by atoms with Gasteiger partial charge >= 0.3 is 0 Å². The van der Waals surface area contributed by atoms with Gasteiger partial charge in [0.2, 0.25) is 11.9 Å². The molecule has 0 spiro atoms. The summed E-state index contributed by atoms with van der Waals surface area (Å²) in [6.07, 6.45) is 17.3. The number of anilines is 1. The topological polar surface area (TPSA) is 96.8 Å². The minimum Gasteiger partial charge on any atom is -0.351 e. The first-order valence-electron chi connectivity index (χ1n) is 13.5. The molecule has 3 N–H and O–H groups in total. The summed E-state index contributed by atoms with van der Waals surface area (Å²) in [6.45, 7) is 3.54. The first-order chi connectivity index (χ1) is 17.5. The van der Waals surface area contributed by atoms with E-state index >= 15 is 0 Å². The second-order valence-corrected chi connectivity index (χ2v) is 11.2. The van der Waals surface area contributed by atoms with Gasteiger partial charge in [-0.25, -0.2) is 9.97 Å². The Morgan fingerprint density at radius 2 is 1.67 bits per heavy atom. The Balaban J connectivity index is 1.12. The second kappa shape index (κ2) is 11.3. The standard InChI is InChI=1S/C27H38ClN7O/c1-3-25(36)32-20-10-6-18(7-11-20)31-19-8-12-21(13-9-19)33-27-29-16-23(28)26(34-27)22-15-30-35(2)24(22)14-17-4-5-17/h3,15-21,31H,1,4-14H2,2H3,(H,32,36)(H,29,33,34). The van der Waals surface area contributed by atoms with Crippen molar-refractivity contribution in [2.75, 3.05) is 5.32 Å². The zero-order valence-electron chi connectivity index (χ0n) is 21.2. The summed E-state index contributed by atoms with van der Waals surface area (Å²) in [5, 5.41) is 15.5. The highest BCUT2D eigenvalue weighted by Crippen LogP contribution is 2.37. The van der Waals surface area contributed by atoms with Gasteiger partial charge in [0.1, 0.15) is 0 Å². The van der Waals surface area contributed by atoms with Gasteiger partial charge in [0, 0.05) is 42.5 Å². The molecule has 3 saturated carbocycles. The number of rotatable bonds is 9. The van der Waals surface area contributed by atoms with E-state index < -0.39 is 0 Å². The third-order valence-electron chi connectivity index (χ3n) is 8.03. The van der Waals surface area contributed by atoms with E-state index in [2.05, 4.69) is 32.6 Å². The minimum absolute atomic E-state index is 0.0619. The lowest BCUT2D eigenvalue weighted by Crippen LogP contribution is -2.46. The number of hydrogen-bond donors (Lipinski definition) is 3. The summed E-state index contributed by atoms with van der Waals surface area (Å²) in [7, 11) is 1.99. The Hall–Kier alpha value is -2.45. The van der Waals surface area contributed by atoms with Crippen molar-refractivity contribution in [1.82, 2.24) is 30.4 Å². The molecule has 2 aromatic heterocycles. The van der Waals surface area contributed by atoms with Crippen molar-refractivity contribution in [3.05, 3.63) is 35.8 Å². The molecule has 2 aromatic rings. The summed E-state index contributed by atoms with van der Waals surface area (Å²) in [6, 6.07) is 1.74. The fourth-order valence-electron chi connectivity index (χ4n) is 5.71. The van der Waals surface area contributed by atoms with Crippen molar-refractivity contribution < 1.29 is 4.79 Å². The van der Waals surface area contributed by atoms with Gasteiger partial charge in [-0.1, -0.05) is 18.2 Å². The van der Waals surface area contributed by atoms with Gasteiger partial charge in [-0.15, -0.1) is 0 Å². The minimum atomic E-state index is -0.0619. The lowest BCUT2D eigenvalue weighted by molar-refractivity contribution is -0.117. The molecular weight excluding hydrogens is 474 g/mol. The number of carbonyl (C=O) groups is 1. The number of aryl methyl sites for hydroxylation is 1. The maximum atomic E-state index is 11.5. The van der Waals surface area contributed by atoms with Crippen molar-refractivity contribution >= 4 is 23.5 Å². The highest BCUT2D eigenvalue weighted by Gasteiger charge is 2.28. The van der Waals surface area contributed by atoms with Crippen LogP contribution < -0.4 is 16.0 Å². The number of hydrogen-bond acceptors (Lipinski definition) is 6. The molecule has 1 amide bonds. The van der Waals surface area contributed by atoms with Gasteiger partial charge in [-0.3, -0.25) is 9.48 Å².